The van der Waals surface area contributed by atoms with E-state index in [-0.39, 0.29) is 0 Å². The maximum absolute atomic E-state index is 6.03. The average Bonchev–Trinajstić information content (AvgIpc) is 2.34. The molecule has 2 unspecified atom stereocenters. The molecule has 1 aromatic carbocycles. The largest absolute Gasteiger partial charge is 0.382 e. The topological polar surface area (TPSA) is 21.3 Å². The number of hydrogen-bond acceptors (Lipinski definition) is 2. The maximum Gasteiger partial charge on any atom is 0.0543 e. The molecular formula is C14H22ClNO. The van der Waals surface area contributed by atoms with Crippen LogP contribution in [0.3, 0.4) is 0 Å². The van der Waals surface area contributed by atoms with Gasteiger partial charge in [-0.15, -0.1) is 0 Å². The number of hydrogen-bond donors (Lipinski definition) is 1. The molecule has 0 bridgehead atoms. The van der Waals surface area contributed by atoms with Gasteiger partial charge in [0.15, 0.2) is 0 Å². The summed E-state index contributed by atoms with van der Waals surface area (Å²) in [5.74, 6) is 0. The van der Waals surface area contributed by atoms with E-state index in [1.165, 1.54) is 5.56 Å². The van der Waals surface area contributed by atoms with Crippen molar-refractivity contribution < 1.29 is 4.74 Å². The van der Waals surface area contributed by atoms with Gasteiger partial charge in [0.2, 0.25) is 0 Å². The first-order chi connectivity index (χ1) is 8.17. The van der Waals surface area contributed by atoms with Crippen LogP contribution >= 0.6 is 11.6 Å². The molecule has 0 aromatic heterocycles. The lowest BCUT2D eigenvalue weighted by Crippen LogP contribution is -2.22. The highest BCUT2D eigenvalue weighted by atomic mass is 35.5. The van der Waals surface area contributed by atoms with E-state index in [0.717, 1.165) is 24.4 Å². The fourth-order valence-corrected chi connectivity index (χ4v) is 2.07. The second-order valence-electron chi connectivity index (χ2n) is 4.29. The van der Waals surface area contributed by atoms with E-state index in [2.05, 4.69) is 25.2 Å². The summed E-state index contributed by atoms with van der Waals surface area (Å²) in [7, 11) is 1.76. The minimum atomic E-state index is 0.301. The Labute approximate surface area is 109 Å². The van der Waals surface area contributed by atoms with Crippen LogP contribution in [0.15, 0.2) is 24.3 Å². The van der Waals surface area contributed by atoms with Gasteiger partial charge in [0.1, 0.15) is 0 Å². The summed E-state index contributed by atoms with van der Waals surface area (Å²) in [6.45, 7) is 5.18. The zero-order chi connectivity index (χ0) is 12.7. The Bertz CT molecular complexity index is 330. The molecule has 2 nitrogen and oxygen atoms in total. The van der Waals surface area contributed by atoms with Crippen LogP contribution in [0.5, 0.6) is 0 Å². The third-order valence-corrected chi connectivity index (χ3v) is 3.20. The van der Waals surface area contributed by atoms with Crippen molar-refractivity contribution in [2.75, 3.05) is 13.7 Å². The van der Waals surface area contributed by atoms with E-state index in [9.17, 15) is 0 Å². The summed E-state index contributed by atoms with van der Waals surface area (Å²) < 4.78 is 5.28. The molecule has 0 spiro atoms. The SMILES string of the molecule is CCNC(CCC(C)OC)c1cccc(Cl)c1. The van der Waals surface area contributed by atoms with Gasteiger partial charge in [0.25, 0.3) is 0 Å². The van der Waals surface area contributed by atoms with E-state index in [0.29, 0.717) is 12.1 Å². The molecule has 96 valence electrons. The van der Waals surface area contributed by atoms with E-state index >= 15 is 0 Å². The van der Waals surface area contributed by atoms with Crippen molar-refractivity contribution in [2.45, 2.75) is 38.8 Å². The van der Waals surface area contributed by atoms with Gasteiger partial charge in [0, 0.05) is 18.2 Å². The van der Waals surface area contributed by atoms with Gasteiger partial charge in [-0.1, -0.05) is 30.7 Å². The Morgan fingerprint density at radius 1 is 1.35 bits per heavy atom. The van der Waals surface area contributed by atoms with Crippen LogP contribution < -0.4 is 5.32 Å². The molecule has 2 atom stereocenters. The first-order valence-corrected chi connectivity index (χ1v) is 6.56. The monoisotopic (exact) mass is 255 g/mol. The third-order valence-electron chi connectivity index (χ3n) is 2.97. The van der Waals surface area contributed by atoms with Gasteiger partial charge in [0.05, 0.1) is 6.10 Å². The lowest BCUT2D eigenvalue weighted by molar-refractivity contribution is 0.106. The number of halogens is 1. The molecule has 3 heteroatoms. The average molecular weight is 256 g/mol. The molecule has 0 saturated carbocycles. The molecule has 17 heavy (non-hydrogen) atoms. The number of nitrogens with one attached hydrogen (secondary N) is 1. The van der Waals surface area contributed by atoms with E-state index in [4.69, 9.17) is 16.3 Å². The van der Waals surface area contributed by atoms with Crippen LogP contribution in [0.2, 0.25) is 5.02 Å². The van der Waals surface area contributed by atoms with Crippen molar-refractivity contribution in [3.63, 3.8) is 0 Å². The minimum Gasteiger partial charge on any atom is -0.382 e. The van der Waals surface area contributed by atoms with Crippen LogP contribution in [-0.2, 0) is 4.74 Å². The maximum atomic E-state index is 6.03. The highest BCUT2D eigenvalue weighted by molar-refractivity contribution is 6.30. The lowest BCUT2D eigenvalue weighted by atomic mass is 10.0. The first-order valence-electron chi connectivity index (χ1n) is 6.19. The van der Waals surface area contributed by atoms with Crippen molar-refractivity contribution in [1.82, 2.24) is 5.32 Å². The molecule has 1 aromatic rings. The molecule has 0 aliphatic carbocycles. The molecule has 0 radical (unpaired) electrons. The van der Waals surface area contributed by atoms with Crippen molar-refractivity contribution >= 4 is 11.6 Å². The summed E-state index contributed by atoms with van der Waals surface area (Å²) >= 11 is 6.03. The first kappa shape index (κ1) is 14.5. The number of rotatable bonds is 7. The fraction of sp³-hybridized carbons (Fsp3) is 0.571. The van der Waals surface area contributed by atoms with Gasteiger partial charge in [-0.25, -0.2) is 0 Å². The minimum absolute atomic E-state index is 0.301. The van der Waals surface area contributed by atoms with E-state index < -0.39 is 0 Å². The van der Waals surface area contributed by atoms with Crippen LogP contribution in [0.25, 0.3) is 0 Å². The smallest absolute Gasteiger partial charge is 0.0543 e. The van der Waals surface area contributed by atoms with Crippen molar-refractivity contribution in [2.24, 2.45) is 0 Å². The van der Waals surface area contributed by atoms with Crippen LogP contribution in [0, 0.1) is 0 Å². The predicted octanol–water partition coefficient (Wildman–Crippen LogP) is 3.81. The molecule has 0 fully saturated rings. The Kier molecular flexibility index (Phi) is 6.56. The third kappa shape index (κ3) is 5.07. The van der Waals surface area contributed by atoms with Crippen molar-refractivity contribution in [1.29, 1.82) is 0 Å². The zero-order valence-electron chi connectivity index (χ0n) is 10.9. The molecule has 0 amide bonds. The van der Waals surface area contributed by atoms with E-state index in [1.54, 1.807) is 7.11 Å². The summed E-state index contributed by atoms with van der Waals surface area (Å²) in [5, 5.41) is 4.29. The summed E-state index contributed by atoms with van der Waals surface area (Å²) in [6, 6.07) is 8.42. The fourth-order valence-electron chi connectivity index (χ4n) is 1.88. The van der Waals surface area contributed by atoms with Gasteiger partial charge < -0.3 is 10.1 Å². The van der Waals surface area contributed by atoms with Gasteiger partial charge >= 0.3 is 0 Å². The summed E-state index contributed by atoms with van der Waals surface area (Å²) in [5.41, 5.74) is 1.25. The Morgan fingerprint density at radius 3 is 2.71 bits per heavy atom. The van der Waals surface area contributed by atoms with Gasteiger partial charge in [-0.3, -0.25) is 0 Å². The molecule has 0 aliphatic rings. The molecule has 1 rings (SSSR count). The normalized spacial score (nSPS) is 14.6. The van der Waals surface area contributed by atoms with Crippen LogP contribution in [0.4, 0.5) is 0 Å². The van der Waals surface area contributed by atoms with Crippen molar-refractivity contribution in [3.8, 4) is 0 Å². The Hall–Kier alpha value is -0.570. The number of benzene rings is 1. The predicted molar refractivity (Wildman–Crippen MR) is 73.6 cm³/mol. The van der Waals surface area contributed by atoms with E-state index in [1.807, 2.05) is 18.2 Å². The standard InChI is InChI=1S/C14H22ClNO/c1-4-16-14(9-8-11(2)17-3)12-6-5-7-13(15)10-12/h5-7,10-11,14,16H,4,8-9H2,1-3H3. The highest BCUT2D eigenvalue weighted by Gasteiger charge is 2.12. The zero-order valence-corrected chi connectivity index (χ0v) is 11.6. The Morgan fingerprint density at radius 2 is 2.12 bits per heavy atom. The molecule has 0 aliphatic heterocycles. The van der Waals surface area contributed by atoms with Crippen LogP contribution in [0.1, 0.15) is 38.3 Å². The van der Waals surface area contributed by atoms with Gasteiger partial charge in [-0.05, 0) is 44.0 Å². The van der Waals surface area contributed by atoms with Crippen LogP contribution in [-0.4, -0.2) is 19.8 Å². The lowest BCUT2D eigenvalue weighted by Gasteiger charge is -2.20. The Balaban J connectivity index is 2.64. The summed E-state index contributed by atoms with van der Waals surface area (Å²) in [4.78, 5) is 0. The molecule has 0 saturated heterocycles. The van der Waals surface area contributed by atoms with Crippen molar-refractivity contribution in [3.05, 3.63) is 34.9 Å². The molecular weight excluding hydrogens is 234 g/mol. The number of ether oxygens (including phenoxy) is 1. The molecule has 0 heterocycles. The quantitative estimate of drug-likeness (QED) is 0.800. The highest BCUT2D eigenvalue weighted by Crippen LogP contribution is 2.22. The number of methoxy groups -OCH3 is 1. The second kappa shape index (κ2) is 7.70. The second-order valence-corrected chi connectivity index (χ2v) is 4.73. The van der Waals surface area contributed by atoms with Gasteiger partial charge in [-0.2, -0.15) is 0 Å². The summed E-state index contributed by atoms with van der Waals surface area (Å²) in [6.07, 6.45) is 2.40. The molecule has 1 N–H and O–H groups in total.